The summed E-state index contributed by atoms with van der Waals surface area (Å²) in [5.41, 5.74) is 0. The quantitative estimate of drug-likeness (QED) is 0.830. The zero-order chi connectivity index (χ0) is 13.7. The third-order valence-electron chi connectivity index (χ3n) is 5.49. The molecule has 0 spiro atoms. The Labute approximate surface area is 119 Å². The van der Waals surface area contributed by atoms with Crippen LogP contribution in [0, 0.1) is 11.8 Å². The van der Waals surface area contributed by atoms with Crippen LogP contribution in [-0.4, -0.2) is 25.3 Å². The van der Waals surface area contributed by atoms with Gasteiger partial charge in [-0.25, -0.2) is 0 Å². The molecule has 0 radical (unpaired) electrons. The highest BCUT2D eigenvalue weighted by atomic mass is 16.5. The van der Waals surface area contributed by atoms with Gasteiger partial charge in [0.15, 0.2) is 0 Å². The predicted molar refractivity (Wildman–Crippen MR) is 81.4 cm³/mol. The number of rotatable bonds is 3. The lowest BCUT2D eigenvalue weighted by atomic mass is 9.80. The summed E-state index contributed by atoms with van der Waals surface area (Å²) in [6.07, 6.45) is 12.9. The first-order valence-corrected chi connectivity index (χ1v) is 8.53. The summed E-state index contributed by atoms with van der Waals surface area (Å²) in [4.78, 5) is 0. The minimum Gasteiger partial charge on any atom is -0.373 e. The van der Waals surface area contributed by atoms with E-state index in [0.29, 0.717) is 18.2 Å². The largest absolute Gasteiger partial charge is 0.373 e. The lowest BCUT2D eigenvalue weighted by Gasteiger charge is -2.37. The van der Waals surface area contributed by atoms with Gasteiger partial charge in [-0.3, -0.25) is 0 Å². The van der Waals surface area contributed by atoms with Gasteiger partial charge in [0, 0.05) is 6.04 Å². The summed E-state index contributed by atoms with van der Waals surface area (Å²) in [5, 5.41) is 3.51. The van der Waals surface area contributed by atoms with Crippen molar-refractivity contribution >= 4 is 0 Å². The molecule has 2 fully saturated rings. The average Bonchev–Trinajstić information content (AvgIpc) is 2.37. The van der Waals surface area contributed by atoms with Gasteiger partial charge in [0.05, 0.1) is 12.2 Å². The van der Waals surface area contributed by atoms with E-state index in [1.165, 1.54) is 57.8 Å². The SMILES string of the molecule is CNC1CCCCCCC1OC1CCC(C)C(C)C1. The van der Waals surface area contributed by atoms with Crippen LogP contribution in [0.3, 0.4) is 0 Å². The van der Waals surface area contributed by atoms with E-state index < -0.39 is 0 Å². The third-order valence-corrected chi connectivity index (χ3v) is 5.49. The molecule has 0 aliphatic heterocycles. The van der Waals surface area contributed by atoms with Gasteiger partial charge in [-0.05, 0) is 51.0 Å². The number of likely N-dealkylation sites (N-methyl/N-ethyl adjacent to an activating group) is 1. The van der Waals surface area contributed by atoms with Gasteiger partial charge >= 0.3 is 0 Å². The fraction of sp³-hybridized carbons (Fsp3) is 1.00. The van der Waals surface area contributed by atoms with Gasteiger partial charge < -0.3 is 10.1 Å². The van der Waals surface area contributed by atoms with Crippen LogP contribution in [0.5, 0.6) is 0 Å². The first kappa shape index (κ1) is 15.3. The average molecular weight is 267 g/mol. The van der Waals surface area contributed by atoms with Gasteiger partial charge in [-0.15, -0.1) is 0 Å². The van der Waals surface area contributed by atoms with Crippen molar-refractivity contribution in [2.24, 2.45) is 11.8 Å². The Balaban J connectivity index is 1.87. The molecule has 2 aliphatic rings. The maximum Gasteiger partial charge on any atom is 0.0731 e. The molecule has 0 saturated heterocycles. The minimum absolute atomic E-state index is 0.455. The molecule has 2 heteroatoms. The first-order chi connectivity index (χ1) is 9.20. The van der Waals surface area contributed by atoms with Crippen molar-refractivity contribution in [2.75, 3.05) is 7.05 Å². The van der Waals surface area contributed by atoms with Crippen LogP contribution in [0.15, 0.2) is 0 Å². The normalized spacial score (nSPS) is 41.5. The summed E-state index contributed by atoms with van der Waals surface area (Å²) < 4.78 is 6.53. The molecular formula is C17H33NO. The van der Waals surface area contributed by atoms with Crippen LogP contribution in [0.1, 0.15) is 71.6 Å². The van der Waals surface area contributed by atoms with Crippen LogP contribution < -0.4 is 5.32 Å². The minimum atomic E-state index is 0.455. The molecule has 0 amide bonds. The predicted octanol–water partition coefficient (Wildman–Crippen LogP) is 4.14. The molecular weight excluding hydrogens is 234 g/mol. The van der Waals surface area contributed by atoms with Gasteiger partial charge in [0.1, 0.15) is 0 Å². The molecule has 5 unspecified atom stereocenters. The van der Waals surface area contributed by atoms with E-state index in [9.17, 15) is 0 Å². The van der Waals surface area contributed by atoms with E-state index in [4.69, 9.17) is 4.74 Å². The molecule has 0 aromatic carbocycles. The zero-order valence-corrected chi connectivity index (χ0v) is 13.2. The second-order valence-electron chi connectivity index (χ2n) is 6.95. The Morgan fingerprint density at radius 2 is 1.58 bits per heavy atom. The fourth-order valence-electron chi connectivity index (χ4n) is 3.81. The fourth-order valence-corrected chi connectivity index (χ4v) is 3.81. The van der Waals surface area contributed by atoms with Crippen molar-refractivity contribution in [1.82, 2.24) is 5.32 Å². The summed E-state index contributed by atoms with van der Waals surface area (Å²) >= 11 is 0. The molecule has 1 N–H and O–H groups in total. The van der Waals surface area contributed by atoms with Crippen LogP contribution in [-0.2, 0) is 4.74 Å². The molecule has 112 valence electrons. The molecule has 0 aromatic rings. The molecule has 0 bridgehead atoms. The van der Waals surface area contributed by atoms with Gasteiger partial charge in [-0.1, -0.05) is 39.5 Å². The molecule has 2 aliphatic carbocycles. The first-order valence-electron chi connectivity index (χ1n) is 8.53. The molecule has 2 nitrogen and oxygen atoms in total. The summed E-state index contributed by atoms with van der Waals surface area (Å²) in [5.74, 6) is 1.72. The Kier molecular flexibility index (Phi) is 6.15. The number of hydrogen-bond acceptors (Lipinski definition) is 2. The summed E-state index contributed by atoms with van der Waals surface area (Å²) in [6, 6.07) is 0.579. The van der Waals surface area contributed by atoms with Crippen LogP contribution in [0.25, 0.3) is 0 Å². The van der Waals surface area contributed by atoms with Crippen molar-refractivity contribution in [1.29, 1.82) is 0 Å². The molecule has 2 rings (SSSR count). The highest BCUT2D eigenvalue weighted by Crippen LogP contribution is 2.33. The van der Waals surface area contributed by atoms with E-state index >= 15 is 0 Å². The zero-order valence-electron chi connectivity index (χ0n) is 13.2. The smallest absolute Gasteiger partial charge is 0.0731 e. The van der Waals surface area contributed by atoms with Gasteiger partial charge in [0.25, 0.3) is 0 Å². The maximum absolute atomic E-state index is 6.53. The Morgan fingerprint density at radius 3 is 2.26 bits per heavy atom. The second-order valence-corrected chi connectivity index (χ2v) is 6.95. The Hall–Kier alpha value is -0.0800. The number of nitrogens with one attached hydrogen (secondary N) is 1. The van der Waals surface area contributed by atoms with E-state index in [2.05, 4.69) is 26.2 Å². The third kappa shape index (κ3) is 4.46. The highest BCUT2D eigenvalue weighted by molar-refractivity contribution is 4.82. The molecule has 0 aromatic heterocycles. The lowest BCUT2D eigenvalue weighted by Crippen LogP contribution is -2.43. The molecule has 0 heterocycles. The van der Waals surface area contributed by atoms with Crippen molar-refractivity contribution in [3.05, 3.63) is 0 Å². The van der Waals surface area contributed by atoms with Crippen LogP contribution in [0.4, 0.5) is 0 Å². The van der Waals surface area contributed by atoms with Gasteiger partial charge in [-0.2, -0.15) is 0 Å². The molecule has 2 saturated carbocycles. The van der Waals surface area contributed by atoms with Crippen molar-refractivity contribution in [2.45, 2.75) is 89.9 Å². The van der Waals surface area contributed by atoms with Crippen molar-refractivity contribution in [3.63, 3.8) is 0 Å². The number of hydrogen-bond donors (Lipinski definition) is 1. The van der Waals surface area contributed by atoms with E-state index in [1.54, 1.807) is 0 Å². The van der Waals surface area contributed by atoms with Gasteiger partial charge in [0.2, 0.25) is 0 Å². The maximum atomic E-state index is 6.53. The highest BCUT2D eigenvalue weighted by Gasteiger charge is 2.30. The topological polar surface area (TPSA) is 21.3 Å². The van der Waals surface area contributed by atoms with Crippen molar-refractivity contribution in [3.8, 4) is 0 Å². The molecule has 19 heavy (non-hydrogen) atoms. The molecule has 5 atom stereocenters. The monoisotopic (exact) mass is 267 g/mol. The van der Waals surface area contributed by atoms with E-state index in [0.717, 1.165) is 11.8 Å². The van der Waals surface area contributed by atoms with E-state index in [1.807, 2.05) is 0 Å². The van der Waals surface area contributed by atoms with Crippen molar-refractivity contribution < 1.29 is 4.74 Å². The second kappa shape index (κ2) is 7.64. The lowest BCUT2D eigenvalue weighted by molar-refractivity contribution is -0.0676. The summed E-state index contributed by atoms with van der Waals surface area (Å²) in [7, 11) is 2.11. The standard InChI is InChI=1S/C17H33NO/c1-13-10-11-15(12-14(13)2)19-17-9-7-5-4-6-8-16(17)18-3/h13-18H,4-12H2,1-3H3. The summed E-state index contributed by atoms with van der Waals surface area (Å²) in [6.45, 7) is 4.79. The Bertz CT molecular complexity index is 256. The number of ether oxygens (including phenoxy) is 1. The van der Waals surface area contributed by atoms with Crippen LogP contribution in [0.2, 0.25) is 0 Å². The Morgan fingerprint density at radius 1 is 0.842 bits per heavy atom. The van der Waals surface area contributed by atoms with Crippen LogP contribution >= 0.6 is 0 Å². The van der Waals surface area contributed by atoms with E-state index in [-0.39, 0.29) is 0 Å².